The first-order chi connectivity index (χ1) is 5.27. The first kappa shape index (κ1) is 8.13. The van der Waals surface area contributed by atoms with Crippen LogP contribution in [0.2, 0.25) is 0 Å². The van der Waals surface area contributed by atoms with Gasteiger partial charge in [0.05, 0.1) is 12.7 Å². The molecule has 4 nitrogen and oxygen atoms in total. The maximum absolute atomic E-state index is 10.4. The molecule has 5 heteroatoms. The molecule has 1 heterocycles. The smallest absolute Gasteiger partial charge is 0.243 e. The number of rotatable bonds is 2. The number of hydrogen-bond acceptors (Lipinski definition) is 4. The van der Waals surface area contributed by atoms with E-state index in [1.807, 2.05) is 0 Å². The Morgan fingerprint density at radius 2 is 2.36 bits per heavy atom. The van der Waals surface area contributed by atoms with E-state index in [2.05, 4.69) is 26.1 Å². The normalized spacial score (nSPS) is 9.27. The molecular formula is C6H5BrN2O2. The van der Waals surface area contributed by atoms with Gasteiger partial charge in [-0.25, -0.2) is 0 Å². The van der Waals surface area contributed by atoms with Crippen molar-refractivity contribution in [2.75, 3.05) is 7.11 Å². The highest BCUT2D eigenvalue weighted by Crippen LogP contribution is 2.14. The molecule has 0 spiro atoms. The lowest BCUT2D eigenvalue weighted by atomic mass is 10.3. The van der Waals surface area contributed by atoms with Gasteiger partial charge in [0.25, 0.3) is 0 Å². The topological polar surface area (TPSA) is 52.1 Å². The van der Waals surface area contributed by atoms with E-state index >= 15 is 0 Å². The van der Waals surface area contributed by atoms with Crippen LogP contribution in [0, 0.1) is 0 Å². The van der Waals surface area contributed by atoms with Crippen LogP contribution in [-0.4, -0.2) is 23.6 Å². The number of aromatic nitrogens is 2. The standard InChI is InChI=1S/C6H5BrN2O2/c1-11-6-4(3-10)2-5(7)8-9-6/h2-3H,1H3. The average Bonchev–Trinajstić information content (AvgIpc) is 2.04. The first-order valence-corrected chi connectivity index (χ1v) is 3.59. The number of hydrogen-bond donors (Lipinski definition) is 0. The van der Waals surface area contributed by atoms with Crippen molar-refractivity contribution in [1.29, 1.82) is 0 Å². The monoisotopic (exact) mass is 216 g/mol. The third kappa shape index (κ3) is 1.74. The summed E-state index contributed by atoms with van der Waals surface area (Å²) in [5, 5.41) is 7.26. The largest absolute Gasteiger partial charge is 0.479 e. The van der Waals surface area contributed by atoms with Gasteiger partial charge in [0, 0.05) is 0 Å². The van der Waals surface area contributed by atoms with Gasteiger partial charge in [0.1, 0.15) is 4.60 Å². The Balaban J connectivity index is 3.16. The minimum Gasteiger partial charge on any atom is -0.479 e. The predicted molar refractivity (Wildman–Crippen MR) is 41.7 cm³/mol. The van der Waals surface area contributed by atoms with E-state index in [1.54, 1.807) is 6.07 Å². The number of halogens is 1. The summed E-state index contributed by atoms with van der Waals surface area (Å²) < 4.78 is 5.28. The van der Waals surface area contributed by atoms with E-state index in [0.29, 0.717) is 16.5 Å². The summed E-state index contributed by atoms with van der Waals surface area (Å²) in [5.41, 5.74) is 0.384. The van der Waals surface area contributed by atoms with Crippen LogP contribution < -0.4 is 4.74 Å². The zero-order valence-corrected chi connectivity index (χ0v) is 7.33. The van der Waals surface area contributed by atoms with Crippen LogP contribution in [0.3, 0.4) is 0 Å². The molecule has 0 saturated heterocycles. The summed E-state index contributed by atoms with van der Waals surface area (Å²) >= 11 is 3.08. The highest BCUT2D eigenvalue weighted by Gasteiger charge is 2.03. The van der Waals surface area contributed by atoms with Gasteiger partial charge >= 0.3 is 0 Å². The van der Waals surface area contributed by atoms with Crippen molar-refractivity contribution in [1.82, 2.24) is 10.2 Å². The molecule has 1 aromatic heterocycles. The maximum Gasteiger partial charge on any atom is 0.243 e. The fraction of sp³-hybridized carbons (Fsp3) is 0.167. The van der Waals surface area contributed by atoms with Gasteiger partial charge in [-0.05, 0) is 22.0 Å². The van der Waals surface area contributed by atoms with Crippen LogP contribution in [-0.2, 0) is 0 Å². The minimum absolute atomic E-state index is 0.239. The van der Waals surface area contributed by atoms with Crippen molar-refractivity contribution >= 4 is 22.2 Å². The molecule has 0 aliphatic carbocycles. The van der Waals surface area contributed by atoms with E-state index in [-0.39, 0.29) is 5.88 Å². The average molecular weight is 217 g/mol. The molecule has 0 saturated carbocycles. The Bertz CT molecular complexity index is 277. The minimum atomic E-state index is 0.239. The van der Waals surface area contributed by atoms with Crippen LogP contribution in [0.25, 0.3) is 0 Å². The van der Waals surface area contributed by atoms with Gasteiger partial charge in [-0.15, -0.1) is 10.2 Å². The molecule has 0 unspecified atom stereocenters. The third-order valence-electron chi connectivity index (χ3n) is 1.08. The van der Waals surface area contributed by atoms with Gasteiger partial charge in [-0.2, -0.15) is 0 Å². The number of carbonyl (C=O) groups is 1. The number of carbonyl (C=O) groups excluding carboxylic acids is 1. The lowest BCUT2D eigenvalue weighted by Crippen LogP contribution is -1.96. The van der Waals surface area contributed by atoms with Crippen molar-refractivity contribution in [2.24, 2.45) is 0 Å². The zero-order chi connectivity index (χ0) is 8.27. The van der Waals surface area contributed by atoms with Crippen molar-refractivity contribution in [3.63, 3.8) is 0 Å². The summed E-state index contributed by atoms with van der Waals surface area (Å²) in [6, 6.07) is 1.54. The number of nitrogens with zero attached hydrogens (tertiary/aromatic N) is 2. The molecule has 0 aromatic carbocycles. The molecule has 0 atom stereocenters. The lowest BCUT2D eigenvalue weighted by Gasteiger charge is -1.99. The number of ether oxygens (including phenoxy) is 1. The van der Waals surface area contributed by atoms with Gasteiger partial charge in [-0.3, -0.25) is 4.79 Å². The highest BCUT2D eigenvalue weighted by atomic mass is 79.9. The molecule has 1 rings (SSSR count). The second kappa shape index (κ2) is 3.43. The molecule has 11 heavy (non-hydrogen) atoms. The Kier molecular flexibility index (Phi) is 2.53. The summed E-state index contributed by atoms with van der Waals surface area (Å²) in [4.78, 5) is 10.4. The van der Waals surface area contributed by atoms with Crippen LogP contribution in [0.4, 0.5) is 0 Å². The Hall–Kier alpha value is -0.970. The quantitative estimate of drug-likeness (QED) is 0.695. The molecule has 0 N–H and O–H groups in total. The van der Waals surface area contributed by atoms with Crippen molar-refractivity contribution in [2.45, 2.75) is 0 Å². The van der Waals surface area contributed by atoms with Gasteiger partial charge in [0.15, 0.2) is 6.29 Å². The SMILES string of the molecule is COc1nnc(Br)cc1C=O. The summed E-state index contributed by atoms with van der Waals surface area (Å²) in [6.45, 7) is 0. The van der Waals surface area contributed by atoms with Crippen LogP contribution in [0.15, 0.2) is 10.7 Å². The summed E-state index contributed by atoms with van der Waals surface area (Å²) in [7, 11) is 1.44. The predicted octanol–water partition coefficient (Wildman–Crippen LogP) is 1.06. The third-order valence-corrected chi connectivity index (χ3v) is 1.47. The number of methoxy groups -OCH3 is 1. The Morgan fingerprint density at radius 3 is 2.91 bits per heavy atom. The molecular weight excluding hydrogens is 212 g/mol. The fourth-order valence-electron chi connectivity index (χ4n) is 0.613. The summed E-state index contributed by atoms with van der Waals surface area (Å²) in [6.07, 6.45) is 0.665. The van der Waals surface area contributed by atoms with E-state index in [1.165, 1.54) is 7.11 Å². The van der Waals surface area contributed by atoms with Crippen molar-refractivity contribution in [3.05, 3.63) is 16.2 Å². The highest BCUT2D eigenvalue weighted by molar-refractivity contribution is 9.10. The Labute approximate surface area is 71.7 Å². The van der Waals surface area contributed by atoms with Crippen LogP contribution in [0.1, 0.15) is 10.4 Å². The van der Waals surface area contributed by atoms with Crippen molar-refractivity contribution < 1.29 is 9.53 Å². The number of aldehydes is 1. The molecule has 0 fully saturated rings. The molecule has 0 aliphatic rings. The first-order valence-electron chi connectivity index (χ1n) is 2.80. The fourth-order valence-corrected chi connectivity index (χ4v) is 0.939. The van der Waals surface area contributed by atoms with E-state index in [0.717, 1.165) is 0 Å². The Morgan fingerprint density at radius 1 is 1.64 bits per heavy atom. The molecule has 0 aliphatic heterocycles. The molecule has 58 valence electrons. The molecule has 0 amide bonds. The van der Waals surface area contributed by atoms with Crippen LogP contribution in [0.5, 0.6) is 5.88 Å². The van der Waals surface area contributed by atoms with E-state index < -0.39 is 0 Å². The van der Waals surface area contributed by atoms with Crippen LogP contribution >= 0.6 is 15.9 Å². The molecule has 0 bridgehead atoms. The summed E-state index contributed by atoms with van der Waals surface area (Å²) in [5.74, 6) is 0.239. The molecule has 0 radical (unpaired) electrons. The maximum atomic E-state index is 10.4. The van der Waals surface area contributed by atoms with Crippen molar-refractivity contribution in [3.8, 4) is 5.88 Å². The molecule has 1 aromatic rings. The van der Waals surface area contributed by atoms with Gasteiger partial charge in [-0.1, -0.05) is 0 Å². The van der Waals surface area contributed by atoms with E-state index in [9.17, 15) is 4.79 Å². The van der Waals surface area contributed by atoms with Gasteiger partial charge in [0.2, 0.25) is 5.88 Å². The van der Waals surface area contributed by atoms with Gasteiger partial charge < -0.3 is 4.74 Å². The second-order valence-corrected chi connectivity index (χ2v) is 2.56. The second-order valence-electron chi connectivity index (χ2n) is 1.75. The zero-order valence-electron chi connectivity index (χ0n) is 5.74. The van der Waals surface area contributed by atoms with E-state index in [4.69, 9.17) is 4.74 Å². The lowest BCUT2D eigenvalue weighted by molar-refractivity contribution is 0.111.